The van der Waals surface area contributed by atoms with Crippen LogP contribution in [0.5, 0.6) is 0 Å². The van der Waals surface area contributed by atoms with Gasteiger partial charge in [0.2, 0.25) is 0 Å². The third kappa shape index (κ3) is 4.98. The maximum Gasteiger partial charge on any atom is 0.0469 e. The number of benzene rings is 3. The minimum absolute atomic E-state index is 0.401. The molecule has 1 unspecified atom stereocenters. The van der Waals surface area contributed by atoms with Crippen LogP contribution < -0.4 is 5.32 Å². The number of hydrogen-bond donors (Lipinski definition) is 1. The van der Waals surface area contributed by atoms with Crippen molar-refractivity contribution in [1.82, 2.24) is 5.32 Å². The summed E-state index contributed by atoms with van der Waals surface area (Å²) >= 11 is 1.92. The first-order valence-corrected chi connectivity index (χ1v) is 9.22. The molecule has 3 aromatic rings. The fourth-order valence-electron chi connectivity index (χ4n) is 2.62. The van der Waals surface area contributed by atoms with Gasteiger partial charge in [-0.05, 0) is 30.2 Å². The van der Waals surface area contributed by atoms with Crippen LogP contribution in [0.2, 0.25) is 0 Å². The Hall–Kier alpha value is -2.03. The van der Waals surface area contributed by atoms with E-state index < -0.39 is 0 Å². The maximum atomic E-state index is 3.61. The van der Waals surface area contributed by atoms with Gasteiger partial charge >= 0.3 is 0 Å². The number of hydrogen-bond acceptors (Lipinski definition) is 2. The molecule has 0 bridgehead atoms. The van der Waals surface area contributed by atoms with Crippen molar-refractivity contribution in [3.05, 3.63) is 102 Å². The summed E-state index contributed by atoms with van der Waals surface area (Å²) in [4.78, 5) is 1.32. The van der Waals surface area contributed by atoms with E-state index in [2.05, 4.69) is 97.2 Å². The molecule has 0 spiro atoms. The SMILES string of the molecule is Cc1ccc(SC(CNCc2ccccc2)c2ccccc2)cc1. The zero-order valence-corrected chi connectivity index (χ0v) is 14.8. The average molecular weight is 334 g/mol. The van der Waals surface area contributed by atoms with E-state index in [9.17, 15) is 0 Å². The van der Waals surface area contributed by atoms with Gasteiger partial charge in [-0.1, -0.05) is 78.4 Å². The standard InChI is InChI=1S/C22H23NS/c1-18-12-14-21(15-13-18)24-22(20-10-6-3-7-11-20)17-23-16-19-8-4-2-5-9-19/h2-15,22-23H,16-17H2,1H3. The van der Waals surface area contributed by atoms with E-state index in [-0.39, 0.29) is 0 Å². The Balaban J connectivity index is 1.67. The summed E-state index contributed by atoms with van der Waals surface area (Å²) in [5, 5.41) is 4.01. The summed E-state index contributed by atoms with van der Waals surface area (Å²) in [6.07, 6.45) is 0. The molecule has 0 aliphatic heterocycles. The smallest absolute Gasteiger partial charge is 0.0469 e. The molecule has 0 saturated carbocycles. The van der Waals surface area contributed by atoms with Crippen molar-refractivity contribution < 1.29 is 0 Å². The van der Waals surface area contributed by atoms with Crippen LogP contribution in [-0.4, -0.2) is 6.54 Å². The van der Waals surface area contributed by atoms with Crippen molar-refractivity contribution in [3.63, 3.8) is 0 Å². The minimum Gasteiger partial charge on any atom is -0.311 e. The zero-order chi connectivity index (χ0) is 16.6. The largest absolute Gasteiger partial charge is 0.311 e. The Kier molecular flexibility index (Phi) is 6.11. The predicted octanol–water partition coefficient (Wildman–Crippen LogP) is 5.62. The Morgan fingerprint density at radius 2 is 1.42 bits per heavy atom. The van der Waals surface area contributed by atoms with Gasteiger partial charge in [-0.3, -0.25) is 0 Å². The fraction of sp³-hybridized carbons (Fsp3) is 0.182. The Labute approximate surface area is 149 Å². The molecular formula is C22H23NS. The van der Waals surface area contributed by atoms with Crippen LogP contribution in [0.15, 0.2) is 89.8 Å². The number of thioether (sulfide) groups is 1. The first-order chi connectivity index (χ1) is 11.8. The molecule has 2 heteroatoms. The molecule has 1 nitrogen and oxygen atoms in total. The summed E-state index contributed by atoms with van der Waals surface area (Å²) in [6.45, 7) is 3.97. The highest BCUT2D eigenvalue weighted by atomic mass is 32.2. The van der Waals surface area contributed by atoms with E-state index in [0.29, 0.717) is 5.25 Å². The molecule has 0 aromatic heterocycles. The van der Waals surface area contributed by atoms with Gasteiger partial charge in [0.15, 0.2) is 0 Å². The molecule has 1 atom stereocenters. The molecule has 0 amide bonds. The average Bonchev–Trinajstić information content (AvgIpc) is 2.64. The first-order valence-electron chi connectivity index (χ1n) is 8.34. The molecular weight excluding hydrogens is 310 g/mol. The van der Waals surface area contributed by atoms with Crippen LogP contribution in [0.25, 0.3) is 0 Å². The van der Waals surface area contributed by atoms with E-state index in [0.717, 1.165) is 13.1 Å². The summed E-state index contributed by atoms with van der Waals surface area (Å²) < 4.78 is 0. The van der Waals surface area contributed by atoms with E-state index >= 15 is 0 Å². The zero-order valence-electron chi connectivity index (χ0n) is 14.0. The quantitative estimate of drug-likeness (QED) is 0.563. The molecule has 3 rings (SSSR count). The van der Waals surface area contributed by atoms with Gasteiger partial charge in [-0.25, -0.2) is 0 Å². The lowest BCUT2D eigenvalue weighted by atomic mass is 10.1. The molecule has 0 heterocycles. The highest BCUT2D eigenvalue weighted by Crippen LogP contribution is 2.34. The van der Waals surface area contributed by atoms with Gasteiger partial charge in [0.1, 0.15) is 0 Å². The topological polar surface area (TPSA) is 12.0 Å². The fourth-order valence-corrected chi connectivity index (χ4v) is 3.74. The lowest BCUT2D eigenvalue weighted by Crippen LogP contribution is -2.19. The molecule has 0 fully saturated rings. The molecule has 0 saturated heterocycles. The van der Waals surface area contributed by atoms with Crippen LogP contribution in [0.3, 0.4) is 0 Å². The summed E-state index contributed by atoms with van der Waals surface area (Å²) in [5.74, 6) is 0. The Bertz CT molecular complexity index is 723. The summed E-state index contributed by atoms with van der Waals surface area (Å²) in [6, 6.07) is 30.1. The first kappa shape index (κ1) is 16.8. The second-order valence-corrected chi connectivity index (χ2v) is 7.22. The summed E-state index contributed by atoms with van der Waals surface area (Å²) in [5.41, 5.74) is 3.99. The van der Waals surface area contributed by atoms with Crippen LogP contribution in [0.4, 0.5) is 0 Å². The molecule has 24 heavy (non-hydrogen) atoms. The van der Waals surface area contributed by atoms with Crippen molar-refractivity contribution in [2.75, 3.05) is 6.54 Å². The third-order valence-corrected chi connectivity index (χ3v) is 5.24. The molecule has 122 valence electrons. The van der Waals surface area contributed by atoms with E-state index in [1.54, 1.807) is 0 Å². The highest BCUT2D eigenvalue weighted by molar-refractivity contribution is 7.99. The van der Waals surface area contributed by atoms with Gasteiger partial charge in [0, 0.05) is 23.2 Å². The molecule has 0 aliphatic carbocycles. The molecule has 3 aromatic carbocycles. The van der Waals surface area contributed by atoms with E-state index in [4.69, 9.17) is 0 Å². The van der Waals surface area contributed by atoms with Crippen molar-refractivity contribution in [1.29, 1.82) is 0 Å². The second kappa shape index (κ2) is 8.72. The lowest BCUT2D eigenvalue weighted by Gasteiger charge is -2.18. The Morgan fingerprint density at radius 3 is 2.08 bits per heavy atom. The van der Waals surface area contributed by atoms with E-state index in [1.807, 2.05) is 11.8 Å². The number of aryl methyl sites for hydroxylation is 1. The normalized spacial score (nSPS) is 12.0. The van der Waals surface area contributed by atoms with Gasteiger partial charge in [0.05, 0.1) is 0 Å². The van der Waals surface area contributed by atoms with Crippen molar-refractivity contribution in [3.8, 4) is 0 Å². The number of rotatable bonds is 7. The van der Waals surface area contributed by atoms with Gasteiger partial charge in [-0.15, -0.1) is 11.8 Å². The number of nitrogens with one attached hydrogen (secondary N) is 1. The maximum absolute atomic E-state index is 3.61. The molecule has 0 aliphatic rings. The van der Waals surface area contributed by atoms with Gasteiger partial charge < -0.3 is 5.32 Å². The van der Waals surface area contributed by atoms with Crippen LogP contribution in [0, 0.1) is 6.92 Å². The van der Waals surface area contributed by atoms with E-state index in [1.165, 1.54) is 21.6 Å². The second-order valence-electron chi connectivity index (χ2n) is 5.95. The van der Waals surface area contributed by atoms with Crippen molar-refractivity contribution >= 4 is 11.8 Å². The van der Waals surface area contributed by atoms with Crippen molar-refractivity contribution in [2.45, 2.75) is 23.6 Å². The predicted molar refractivity (Wildman–Crippen MR) is 104 cm³/mol. The molecule has 1 N–H and O–H groups in total. The highest BCUT2D eigenvalue weighted by Gasteiger charge is 2.12. The van der Waals surface area contributed by atoms with Gasteiger partial charge in [-0.2, -0.15) is 0 Å². The van der Waals surface area contributed by atoms with Gasteiger partial charge in [0.25, 0.3) is 0 Å². The van der Waals surface area contributed by atoms with Crippen LogP contribution >= 0.6 is 11.8 Å². The van der Waals surface area contributed by atoms with Crippen LogP contribution in [-0.2, 0) is 6.54 Å². The third-order valence-electron chi connectivity index (χ3n) is 3.97. The van der Waals surface area contributed by atoms with Crippen LogP contribution in [0.1, 0.15) is 21.9 Å². The monoisotopic (exact) mass is 333 g/mol. The summed E-state index contributed by atoms with van der Waals surface area (Å²) in [7, 11) is 0. The lowest BCUT2D eigenvalue weighted by molar-refractivity contribution is 0.679. The minimum atomic E-state index is 0.401. The molecule has 0 radical (unpaired) electrons. The van der Waals surface area contributed by atoms with Crippen molar-refractivity contribution in [2.24, 2.45) is 0 Å². The Morgan fingerprint density at radius 1 is 0.792 bits per heavy atom.